The van der Waals surface area contributed by atoms with Crippen molar-refractivity contribution in [3.8, 4) is 12.3 Å². The Morgan fingerprint density at radius 3 is 2.60 bits per heavy atom. The number of carbonyl (C=O) groups excluding carboxylic acids is 1. The Hall–Kier alpha value is -2.48. The molecule has 0 saturated carbocycles. The minimum absolute atomic E-state index is 0.0625. The zero-order chi connectivity index (χ0) is 15.0. The number of benzene rings is 1. The molecule has 0 spiro atoms. The summed E-state index contributed by atoms with van der Waals surface area (Å²) in [4.78, 5) is 22.4. The first-order chi connectivity index (χ1) is 9.52. The van der Waals surface area contributed by atoms with E-state index in [4.69, 9.17) is 11.5 Å². The number of carbonyl (C=O) groups is 2. The lowest BCUT2D eigenvalue weighted by Gasteiger charge is -2.13. The maximum Gasteiger partial charge on any atom is 0.315 e. The molecule has 5 heteroatoms. The van der Waals surface area contributed by atoms with E-state index >= 15 is 0 Å². The lowest BCUT2D eigenvalue weighted by molar-refractivity contribution is -0.136. The second-order valence-electron chi connectivity index (χ2n) is 4.48. The topological polar surface area (TPSA) is 78.4 Å². The lowest BCUT2D eigenvalue weighted by Crippen LogP contribution is -2.40. The summed E-state index contributed by atoms with van der Waals surface area (Å²) in [7, 11) is 0. The quantitative estimate of drug-likeness (QED) is 0.688. The molecule has 106 valence electrons. The van der Waals surface area contributed by atoms with Gasteiger partial charge in [-0.3, -0.25) is 4.79 Å². The molecule has 0 fully saturated rings. The predicted molar refractivity (Wildman–Crippen MR) is 76.1 cm³/mol. The SMILES string of the molecule is C#CCC(C)NC(=O)NCc1ccccc1CC(=O)O. The number of aliphatic carboxylic acids is 1. The van der Waals surface area contributed by atoms with Crippen LogP contribution in [0.25, 0.3) is 0 Å². The molecule has 3 N–H and O–H groups in total. The van der Waals surface area contributed by atoms with Gasteiger partial charge in [-0.2, -0.15) is 0 Å². The zero-order valence-electron chi connectivity index (χ0n) is 11.3. The summed E-state index contributed by atoms with van der Waals surface area (Å²) in [5, 5.41) is 14.2. The molecule has 0 bridgehead atoms. The van der Waals surface area contributed by atoms with Gasteiger partial charge >= 0.3 is 12.0 Å². The fourth-order valence-corrected chi connectivity index (χ4v) is 1.74. The van der Waals surface area contributed by atoms with Crippen LogP contribution in [0.1, 0.15) is 24.5 Å². The second kappa shape index (κ2) is 7.85. The number of urea groups is 1. The highest BCUT2D eigenvalue weighted by atomic mass is 16.4. The van der Waals surface area contributed by atoms with Crippen LogP contribution in [0, 0.1) is 12.3 Å². The molecule has 1 aromatic rings. The second-order valence-corrected chi connectivity index (χ2v) is 4.48. The molecular weight excluding hydrogens is 256 g/mol. The Bertz CT molecular complexity index is 520. The molecule has 0 aliphatic carbocycles. The van der Waals surface area contributed by atoms with Gasteiger partial charge in [-0.25, -0.2) is 4.79 Å². The van der Waals surface area contributed by atoms with Crippen molar-refractivity contribution in [2.75, 3.05) is 0 Å². The van der Waals surface area contributed by atoms with Crippen molar-refractivity contribution in [3.63, 3.8) is 0 Å². The van der Waals surface area contributed by atoms with Crippen molar-refractivity contribution in [1.82, 2.24) is 10.6 Å². The van der Waals surface area contributed by atoms with Gasteiger partial charge in [0, 0.05) is 19.0 Å². The minimum Gasteiger partial charge on any atom is -0.481 e. The monoisotopic (exact) mass is 274 g/mol. The van der Waals surface area contributed by atoms with Gasteiger partial charge in [-0.1, -0.05) is 24.3 Å². The van der Waals surface area contributed by atoms with Crippen LogP contribution in [0.2, 0.25) is 0 Å². The van der Waals surface area contributed by atoms with E-state index in [0.717, 1.165) is 5.56 Å². The number of terminal acetylenes is 1. The number of amides is 2. The van der Waals surface area contributed by atoms with E-state index in [1.807, 2.05) is 6.92 Å². The van der Waals surface area contributed by atoms with E-state index in [0.29, 0.717) is 12.0 Å². The first kappa shape index (κ1) is 15.6. The zero-order valence-corrected chi connectivity index (χ0v) is 11.3. The molecule has 0 aliphatic heterocycles. The molecule has 0 saturated heterocycles. The number of nitrogens with one attached hydrogen (secondary N) is 2. The summed E-state index contributed by atoms with van der Waals surface area (Å²) >= 11 is 0. The summed E-state index contributed by atoms with van der Waals surface area (Å²) in [5.41, 5.74) is 1.48. The van der Waals surface area contributed by atoms with E-state index < -0.39 is 5.97 Å². The van der Waals surface area contributed by atoms with E-state index in [-0.39, 0.29) is 25.0 Å². The number of carboxylic acid groups (broad SMARTS) is 1. The average Bonchev–Trinajstić information content (AvgIpc) is 2.37. The summed E-state index contributed by atoms with van der Waals surface area (Å²) in [6, 6.07) is 6.69. The van der Waals surface area contributed by atoms with Gasteiger partial charge in [-0.05, 0) is 18.1 Å². The van der Waals surface area contributed by atoms with E-state index in [1.165, 1.54) is 0 Å². The van der Waals surface area contributed by atoms with Crippen LogP contribution in [0.3, 0.4) is 0 Å². The van der Waals surface area contributed by atoms with Gasteiger partial charge in [0.15, 0.2) is 0 Å². The molecule has 1 atom stereocenters. The van der Waals surface area contributed by atoms with Gasteiger partial charge in [0.2, 0.25) is 0 Å². The first-order valence-electron chi connectivity index (χ1n) is 6.29. The molecular formula is C15H18N2O3. The molecule has 0 aromatic heterocycles. The summed E-state index contributed by atoms with van der Waals surface area (Å²) in [6.45, 7) is 2.09. The third-order valence-electron chi connectivity index (χ3n) is 2.70. The molecule has 1 rings (SSSR count). The van der Waals surface area contributed by atoms with E-state index in [9.17, 15) is 9.59 Å². The smallest absolute Gasteiger partial charge is 0.315 e. The van der Waals surface area contributed by atoms with Crippen molar-refractivity contribution in [1.29, 1.82) is 0 Å². The largest absolute Gasteiger partial charge is 0.481 e. The molecule has 1 aromatic carbocycles. The van der Waals surface area contributed by atoms with Crippen LogP contribution < -0.4 is 10.6 Å². The Morgan fingerprint density at radius 2 is 2.00 bits per heavy atom. The van der Waals surface area contributed by atoms with Crippen molar-refractivity contribution < 1.29 is 14.7 Å². The van der Waals surface area contributed by atoms with Crippen LogP contribution >= 0.6 is 0 Å². The minimum atomic E-state index is -0.899. The van der Waals surface area contributed by atoms with Crippen LogP contribution in [-0.2, 0) is 17.8 Å². The van der Waals surface area contributed by atoms with Gasteiger partial charge in [0.1, 0.15) is 0 Å². The Kier molecular flexibility index (Phi) is 6.11. The molecule has 20 heavy (non-hydrogen) atoms. The summed E-state index contributed by atoms with van der Waals surface area (Å²) in [6.07, 6.45) is 5.56. The number of rotatable bonds is 6. The Labute approximate surface area is 118 Å². The average molecular weight is 274 g/mol. The van der Waals surface area contributed by atoms with Crippen molar-refractivity contribution in [3.05, 3.63) is 35.4 Å². The number of hydrogen-bond donors (Lipinski definition) is 3. The van der Waals surface area contributed by atoms with Gasteiger partial charge in [-0.15, -0.1) is 12.3 Å². The van der Waals surface area contributed by atoms with Crippen molar-refractivity contribution in [2.24, 2.45) is 0 Å². The fourth-order valence-electron chi connectivity index (χ4n) is 1.74. The third kappa shape index (κ3) is 5.44. The standard InChI is InChI=1S/C15H18N2O3/c1-3-6-11(2)17-15(20)16-10-13-8-5-4-7-12(13)9-14(18)19/h1,4-5,7-8,11H,6,9-10H2,2H3,(H,18,19)(H2,16,17,20). The van der Waals surface area contributed by atoms with Crippen LogP contribution in [0.4, 0.5) is 4.79 Å². The van der Waals surface area contributed by atoms with Crippen molar-refractivity contribution in [2.45, 2.75) is 32.4 Å². The molecule has 1 unspecified atom stereocenters. The molecule has 5 nitrogen and oxygen atoms in total. The summed E-state index contributed by atoms with van der Waals surface area (Å²) in [5.74, 6) is 1.57. The lowest BCUT2D eigenvalue weighted by atomic mass is 10.0. The van der Waals surface area contributed by atoms with Gasteiger partial charge in [0.25, 0.3) is 0 Å². The van der Waals surface area contributed by atoms with Crippen LogP contribution in [0.15, 0.2) is 24.3 Å². The fraction of sp³-hybridized carbons (Fsp3) is 0.333. The Balaban J connectivity index is 2.55. The normalized spacial score (nSPS) is 11.2. The molecule has 2 amide bonds. The predicted octanol–water partition coefficient (Wildman–Crippen LogP) is 1.52. The maximum absolute atomic E-state index is 11.6. The molecule has 0 radical (unpaired) electrons. The van der Waals surface area contributed by atoms with E-state index in [2.05, 4.69) is 16.6 Å². The number of hydrogen-bond acceptors (Lipinski definition) is 2. The Morgan fingerprint density at radius 1 is 1.35 bits per heavy atom. The van der Waals surface area contributed by atoms with Gasteiger partial charge < -0.3 is 15.7 Å². The van der Waals surface area contributed by atoms with Crippen LogP contribution in [0.5, 0.6) is 0 Å². The highest BCUT2D eigenvalue weighted by Crippen LogP contribution is 2.09. The number of carboxylic acids is 1. The molecule has 0 aliphatic rings. The highest BCUT2D eigenvalue weighted by molar-refractivity contribution is 5.74. The molecule has 0 heterocycles. The first-order valence-corrected chi connectivity index (χ1v) is 6.29. The van der Waals surface area contributed by atoms with Gasteiger partial charge in [0.05, 0.1) is 6.42 Å². The maximum atomic E-state index is 11.6. The van der Waals surface area contributed by atoms with E-state index in [1.54, 1.807) is 24.3 Å². The summed E-state index contributed by atoms with van der Waals surface area (Å²) < 4.78 is 0. The highest BCUT2D eigenvalue weighted by Gasteiger charge is 2.09. The third-order valence-corrected chi connectivity index (χ3v) is 2.70. The van der Waals surface area contributed by atoms with Crippen LogP contribution in [-0.4, -0.2) is 23.1 Å². The van der Waals surface area contributed by atoms with Crippen molar-refractivity contribution >= 4 is 12.0 Å².